The number of nitrogens with one attached hydrogen (secondary N) is 2. The van der Waals surface area contributed by atoms with Crippen LogP contribution in [0.4, 0.5) is 11.6 Å². The minimum absolute atomic E-state index is 0.0517. The maximum atomic E-state index is 9.37. The van der Waals surface area contributed by atoms with Crippen LogP contribution < -0.4 is 10.6 Å². The van der Waals surface area contributed by atoms with Crippen LogP contribution in [0, 0.1) is 6.92 Å². The molecule has 0 saturated carbocycles. The zero-order valence-electron chi connectivity index (χ0n) is 12.7. The number of nitrogens with zero attached hydrogens (tertiary/aromatic N) is 2. The van der Waals surface area contributed by atoms with Crippen LogP contribution in [0.3, 0.4) is 0 Å². The maximum absolute atomic E-state index is 9.37. The molecule has 0 fully saturated rings. The average molecular weight is 266 g/mol. The maximum Gasteiger partial charge on any atom is 0.135 e. The first-order chi connectivity index (χ1) is 8.93. The zero-order chi connectivity index (χ0) is 14.5. The summed E-state index contributed by atoms with van der Waals surface area (Å²) in [6, 6.07) is 0. The Morgan fingerprint density at radius 2 is 1.79 bits per heavy atom. The molecule has 0 aliphatic carbocycles. The van der Waals surface area contributed by atoms with Crippen molar-refractivity contribution in [3.8, 4) is 0 Å². The molecule has 1 aromatic rings. The van der Waals surface area contributed by atoms with Crippen molar-refractivity contribution in [3.63, 3.8) is 0 Å². The summed E-state index contributed by atoms with van der Waals surface area (Å²) in [6.07, 6.45) is 1.87. The summed E-state index contributed by atoms with van der Waals surface area (Å²) in [5, 5.41) is 15.9. The molecule has 0 aliphatic rings. The Morgan fingerprint density at radius 1 is 1.16 bits per heavy atom. The van der Waals surface area contributed by atoms with E-state index in [1.165, 1.54) is 0 Å². The van der Waals surface area contributed by atoms with Crippen LogP contribution in [-0.2, 0) is 6.42 Å². The molecule has 3 N–H and O–H groups in total. The van der Waals surface area contributed by atoms with Gasteiger partial charge in [-0.1, -0.05) is 6.92 Å². The molecule has 0 aromatic carbocycles. The molecule has 0 atom stereocenters. The monoisotopic (exact) mass is 266 g/mol. The highest BCUT2D eigenvalue weighted by molar-refractivity contribution is 5.58. The second-order valence-corrected chi connectivity index (χ2v) is 5.41. The van der Waals surface area contributed by atoms with Gasteiger partial charge >= 0.3 is 0 Å². The van der Waals surface area contributed by atoms with Gasteiger partial charge in [0.25, 0.3) is 0 Å². The van der Waals surface area contributed by atoms with Crippen molar-refractivity contribution in [2.75, 3.05) is 23.8 Å². The molecule has 0 amide bonds. The SMILES string of the molecule is CCCc1nc(NCC)c(C)c(NC(C)(C)CO)n1. The molecule has 0 saturated heterocycles. The topological polar surface area (TPSA) is 70.1 Å². The predicted octanol–water partition coefficient (Wildman–Crippen LogP) is 2.35. The van der Waals surface area contributed by atoms with Crippen molar-refractivity contribution in [2.24, 2.45) is 0 Å². The van der Waals surface area contributed by atoms with Gasteiger partial charge in [-0.25, -0.2) is 9.97 Å². The third kappa shape index (κ3) is 4.35. The lowest BCUT2D eigenvalue weighted by Crippen LogP contribution is -2.36. The third-order valence-corrected chi connectivity index (χ3v) is 2.86. The van der Waals surface area contributed by atoms with Crippen molar-refractivity contribution in [3.05, 3.63) is 11.4 Å². The number of aryl methyl sites for hydroxylation is 1. The molecule has 0 spiro atoms. The fraction of sp³-hybridized carbons (Fsp3) is 0.714. The molecule has 5 heteroatoms. The number of hydrogen-bond acceptors (Lipinski definition) is 5. The highest BCUT2D eigenvalue weighted by Gasteiger charge is 2.19. The van der Waals surface area contributed by atoms with Crippen molar-refractivity contribution in [2.45, 2.75) is 53.0 Å². The van der Waals surface area contributed by atoms with E-state index in [0.29, 0.717) is 0 Å². The second-order valence-electron chi connectivity index (χ2n) is 5.41. The van der Waals surface area contributed by atoms with Crippen LogP contribution in [0.1, 0.15) is 45.5 Å². The van der Waals surface area contributed by atoms with Gasteiger partial charge in [0.05, 0.1) is 12.1 Å². The van der Waals surface area contributed by atoms with E-state index >= 15 is 0 Å². The second kappa shape index (κ2) is 6.70. The molecule has 1 rings (SSSR count). The smallest absolute Gasteiger partial charge is 0.135 e. The van der Waals surface area contributed by atoms with Gasteiger partial charge in [-0.3, -0.25) is 0 Å². The molecule has 108 valence electrons. The van der Waals surface area contributed by atoms with Crippen LogP contribution in [-0.4, -0.2) is 33.8 Å². The van der Waals surface area contributed by atoms with E-state index in [1.54, 1.807) is 0 Å². The number of aliphatic hydroxyl groups is 1. The molecule has 0 radical (unpaired) electrons. The molecule has 5 nitrogen and oxygen atoms in total. The van der Waals surface area contributed by atoms with Gasteiger partial charge in [0.1, 0.15) is 17.5 Å². The number of hydrogen-bond donors (Lipinski definition) is 3. The minimum Gasteiger partial charge on any atom is -0.394 e. The Balaban J connectivity index is 3.13. The van der Waals surface area contributed by atoms with Crippen molar-refractivity contribution in [1.82, 2.24) is 9.97 Å². The first-order valence-corrected chi connectivity index (χ1v) is 6.94. The standard InChI is InChI=1S/C14H26N4O/c1-6-8-11-16-12(15-7-2)10(3)13(17-11)18-14(4,5)9-19/h19H,6-9H2,1-5H3,(H2,15,16,17,18). The summed E-state index contributed by atoms with van der Waals surface area (Å²) in [5.74, 6) is 2.51. The molecule has 1 aromatic heterocycles. The zero-order valence-corrected chi connectivity index (χ0v) is 12.7. The van der Waals surface area contributed by atoms with E-state index in [9.17, 15) is 5.11 Å². The van der Waals surface area contributed by atoms with Gasteiger partial charge < -0.3 is 15.7 Å². The molecule has 1 heterocycles. The lowest BCUT2D eigenvalue weighted by atomic mass is 10.1. The summed E-state index contributed by atoms with van der Waals surface area (Å²) in [5.41, 5.74) is 0.592. The van der Waals surface area contributed by atoms with Gasteiger partial charge in [-0.2, -0.15) is 0 Å². The largest absolute Gasteiger partial charge is 0.394 e. The van der Waals surface area contributed by atoms with E-state index in [0.717, 1.165) is 42.4 Å². The predicted molar refractivity (Wildman–Crippen MR) is 79.7 cm³/mol. The highest BCUT2D eigenvalue weighted by Crippen LogP contribution is 2.23. The minimum atomic E-state index is -0.397. The Kier molecular flexibility index (Phi) is 5.54. The van der Waals surface area contributed by atoms with Crippen molar-refractivity contribution in [1.29, 1.82) is 0 Å². The summed E-state index contributed by atoms with van der Waals surface area (Å²) >= 11 is 0. The Labute approximate surface area is 115 Å². The number of aliphatic hydroxyl groups excluding tert-OH is 1. The van der Waals surface area contributed by atoms with Gasteiger partial charge in [0.15, 0.2) is 0 Å². The number of aromatic nitrogens is 2. The first kappa shape index (κ1) is 15.7. The van der Waals surface area contributed by atoms with Crippen molar-refractivity contribution >= 4 is 11.6 Å². The fourth-order valence-corrected chi connectivity index (χ4v) is 1.72. The fourth-order valence-electron chi connectivity index (χ4n) is 1.72. The van der Waals surface area contributed by atoms with Crippen LogP contribution in [0.25, 0.3) is 0 Å². The summed E-state index contributed by atoms with van der Waals surface area (Å²) in [6.45, 7) is 10.9. The average Bonchev–Trinajstić information content (AvgIpc) is 2.35. The van der Waals surface area contributed by atoms with Gasteiger partial charge in [-0.15, -0.1) is 0 Å². The third-order valence-electron chi connectivity index (χ3n) is 2.86. The number of rotatable bonds is 7. The Bertz CT molecular complexity index is 418. The van der Waals surface area contributed by atoms with Crippen LogP contribution >= 0.6 is 0 Å². The normalized spacial score (nSPS) is 11.5. The van der Waals surface area contributed by atoms with Gasteiger partial charge in [0.2, 0.25) is 0 Å². The van der Waals surface area contributed by atoms with Crippen LogP contribution in [0.15, 0.2) is 0 Å². The summed E-state index contributed by atoms with van der Waals surface area (Å²) in [4.78, 5) is 9.11. The van der Waals surface area contributed by atoms with Crippen LogP contribution in [0.2, 0.25) is 0 Å². The van der Waals surface area contributed by atoms with Crippen molar-refractivity contribution < 1.29 is 5.11 Å². The van der Waals surface area contributed by atoms with Gasteiger partial charge in [0, 0.05) is 18.5 Å². The van der Waals surface area contributed by atoms with E-state index in [1.807, 2.05) is 27.7 Å². The molecule has 0 bridgehead atoms. The van der Waals surface area contributed by atoms with E-state index in [2.05, 4.69) is 27.5 Å². The summed E-state index contributed by atoms with van der Waals surface area (Å²) < 4.78 is 0. The lowest BCUT2D eigenvalue weighted by Gasteiger charge is -2.26. The summed E-state index contributed by atoms with van der Waals surface area (Å²) in [7, 11) is 0. The molecule has 0 unspecified atom stereocenters. The molecular formula is C14H26N4O. The molecular weight excluding hydrogens is 240 g/mol. The quantitative estimate of drug-likeness (QED) is 0.706. The highest BCUT2D eigenvalue weighted by atomic mass is 16.3. The Morgan fingerprint density at radius 3 is 2.32 bits per heavy atom. The first-order valence-electron chi connectivity index (χ1n) is 6.94. The lowest BCUT2D eigenvalue weighted by molar-refractivity contribution is 0.234. The van der Waals surface area contributed by atoms with E-state index in [-0.39, 0.29) is 6.61 Å². The van der Waals surface area contributed by atoms with E-state index < -0.39 is 5.54 Å². The molecule has 19 heavy (non-hydrogen) atoms. The molecule has 0 aliphatic heterocycles. The van der Waals surface area contributed by atoms with Gasteiger partial charge in [-0.05, 0) is 34.1 Å². The van der Waals surface area contributed by atoms with Crippen LogP contribution in [0.5, 0.6) is 0 Å². The number of anilines is 2. The van der Waals surface area contributed by atoms with E-state index in [4.69, 9.17) is 0 Å². The Hall–Kier alpha value is -1.36.